The third-order valence-electron chi connectivity index (χ3n) is 3.18. The van der Waals surface area contributed by atoms with Crippen molar-refractivity contribution in [3.05, 3.63) is 53.6 Å². The summed E-state index contributed by atoms with van der Waals surface area (Å²) in [6, 6.07) is 7.74. The van der Waals surface area contributed by atoms with Crippen LogP contribution in [0.2, 0.25) is 0 Å². The van der Waals surface area contributed by atoms with Crippen molar-refractivity contribution in [2.45, 2.75) is 13.8 Å². The van der Waals surface area contributed by atoms with Gasteiger partial charge in [0, 0.05) is 18.0 Å². The highest BCUT2D eigenvalue weighted by Gasteiger charge is 2.10. The Morgan fingerprint density at radius 2 is 1.84 bits per heavy atom. The van der Waals surface area contributed by atoms with E-state index in [1.807, 2.05) is 13.8 Å². The van der Waals surface area contributed by atoms with Gasteiger partial charge in [-0.2, -0.15) is 0 Å². The zero-order valence-electron chi connectivity index (χ0n) is 10.7. The van der Waals surface area contributed by atoms with Gasteiger partial charge < -0.3 is 9.72 Å². The lowest BCUT2D eigenvalue weighted by Crippen LogP contribution is -1.87. The number of hydrogen-bond donors (Lipinski definition) is 1. The third kappa shape index (κ3) is 2.05. The predicted molar refractivity (Wildman–Crippen MR) is 72.0 cm³/mol. The fourth-order valence-electron chi connectivity index (χ4n) is 2.02. The van der Waals surface area contributed by atoms with Gasteiger partial charge >= 0.3 is 0 Å². The highest BCUT2D eigenvalue weighted by molar-refractivity contribution is 5.85. The summed E-state index contributed by atoms with van der Waals surface area (Å²) >= 11 is 0. The summed E-state index contributed by atoms with van der Waals surface area (Å²) in [7, 11) is 0. The van der Waals surface area contributed by atoms with Crippen LogP contribution in [0.1, 0.15) is 11.3 Å². The number of nitrogens with one attached hydrogen (secondary N) is 1. The minimum absolute atomic E-state index is 0.279. The Bertz CT molecular complexity index is 732. The molecule has 3 aromatic rings. The molecule has 2 heterocycles. The summed E-state index contributed by atoms with van der Waals surface area (Å²) in [5.74, 6) is 1.01. The monoisotopic (exact) mass is 256 g/mol. The molecule has 1 aromatic carbocycles. The van der Waals surface area contributed by atoms with Crippen LogP contribution in [-0.2, 0) is 0 Å². The van der Waals surface area contributed by atoms with Crippen molar-refractivity contribution in [2.24, 2.45) is 0 Å². The van der Waals surface area contributed by atoms with Crippen molar-refractivity contribution in [3.63, 3.8) is 0 Å². The Labute approximate surface area is 110 Å². The molecule has 0 unspecified atom stereocenters. The van der Waals surface area contributed by atoms with E-state index in [0.717, 1.165) is 22.3 Å². The molecule has 0 aliphatic rings. The Kier molecular flexibility index (Phi) is 2.71. The van der Waals surface area contributed by atoms with Gasteiger partial charge in [0.25, 0.3) is 0 Å². The number of fused-ring (bicyclic) bond motifs is 1. The lowest BCUT2D eigenvalue weighted by molar-refractivity contribution is 0.484. The molecule has 0 spiro atoms. The zero-order chi connectivity index (χ0) is 13.4. The molecule has 2 aromatic heterocycles. The van der Waals surface area contributed by atoms with Crippen LogP contribution in [0.25, 0.3) is 11.0 Å². The Morgan fingerprint density at radius 3 is 2.58 bits per heavy atom. The average Bonchev–Trinajstić information content (AvgIpc) is 2.70. The molecule has 0 amide bonds. The largest absolute Gasteiger partial charge is 0.455 e. The van der Waals surface area contributed by atoms with Crippen molar-refractivity contribution >= 4 is 11.0 Å². The van der Waals surface area contributed by atoms with Crippen molar-refractivity contribution < 1.29 is 9.13 Å². The second-order valence-electron chi connectivity index (χ2n) is 4.46. The molecule has 0 radical (unpaired) electrons. The number of aryl methyl sites for hydroxylation is 2. The van der Waals surface area contributed by atoms with Crippen molar-refractivity contribution in [3.8, 4) is 11.5 Å². The Morgan fingerprint density at radius 1 is 1.11 bits per heavy atom. The van der Waals surface area contributed by atoms with Crippen LogP contribution in [0.4, 0.5) is 4.39 Å². The first kappa shape index (κ1) is 11.7. The van der Waals surface area contributed by atoms with Gasteiger partial charge in [0.05, 0.1) is 5.52 Å². The van der Waals surface area contributed by atoms with E-state index in [1.54, 1.807) is 24.4 Å². The van der Waals surface area contributed by atoms with Crippen molar-refractivity contribution in [2.75, 3.05) is 0 Å². The van der Waals surface area contributed by atoms with Crippen LogP contribution in [0.3, 0.4) is 0 Å². The summed E-state index contributed by atoms with van der Waals surface area (Å²) in [5.41, 5.74) is 3.94. The molecule has 0 saturated heterocycles. The molecule has 0 fully saturated rings. The predicted octanol–water partition coefficient (Wildman–Crippen LogP) is 4.11. The normalized spacial score (nSPS) is 10.9. The molecule has 0 aliphatic carbocycles. The van der Waals surface area contributed by atoms with Crippen LogP contribution >= 0.6 is 0 Å². The number of hydrogen-bond acceptors (Lipinski definition) is 2. The first-order valence-corrected chi connectivity index (χ1v) is 6.02. The van der Waals surface area contributed by atoms with Gasteiger partial charge in [-0.05, 0) is 43.7 Å². The van der Waals surface area contributed by atoms with E-state index in [-0.39, 0.29) is 5.82 Å². The number of rotatable bonds is 2. The minimum Gasteiger partial charge on any atom is -0.455 e. The maximum atomic E-state index is 12.9. The van der Waals surface area contributed by atoms with E-state index >= 15 is 0 Å². The quantitative estimate of drug-likeness (QED) is 0.749. The van der Waals surface area contributed by atoms with Gasteiger partial charge in [-0.25, -0.2) is 4.39 Å². The van der Waals surface area contributed by atoms with Gasteiger partial charge in [-0.1, -0.05) is 0 Å². The van der Waals surface area contributed by atoms with Crippen LogP contribution in [0.5, 0.6) is 11.5 Å². The fraction of sp³-hybridized carbons (Fsp3) is 0.133. The Hall–Kier alpha value is -2.36. The van der Waals surface area contributed by atoms with Gasteiger partial charge in [0.15, 0.2) is 5.75 Å². The lowest BCUT2D eigenvalue weighted by Gasteiger charge is -2.06. The van der Waals surface area contributed by atoms with E-state index in [0.29, 0.717) is 11.5 Å². The zero-order valence-corrected chi connectivity index (χ0v) is 10.7. The summed E-state index contributed by atoms with van der Waals surface area (Å²) in [6.45, 7) is 4.02. The molecule has 3 nitrogen and oxygen atoms in total. The van der Waals surface area contributed by atoms with E-state index in [9.17, 15) is 4.39 Å². The molecule has 0 saturated carbocycles. The molecule has 3 rings (SSSR count). The highest BCUT2D eigenvalue weighted by Crippen LogP contribution is 2.30. The molecule has 4 heteroatoms. The summed E-state index contributed by atoms with van der Waals surface area (Å²) in [4.78, 5) is 7.61. The van der Waals surface area contributed by atoms with E-state index in [4.69, 9.17) is 4.74 Å². The third-order valence-corrected chi connectivity index (χ3v) is 3.18. The first-order valence-electron chi connectivity index (χ1n) is 6.02. The maximum absolute atomic E-state index is 12.9. The number of benzene rings is 1. The van der Waals surface area contributed by atoms with Crippen molar-refractivity contribution in [1.29, 1.82) is 0 Å². The summed E-state index contributed by atoms with van der Waals surface area (Å²) in [5, 5.41) is 0. The number of ether oxygens (including phenoxy) is 1. The molecule has 96 valence electrons. The van der Waals surface area contributed by atoms with Gasteiger partial charge in [0.1, 0.15) is 17.1 Å². The second-order valence-corrected chi connectivity index (χ2v) is 4.46. The number of pyridine rings is 1. The Balaban J connectivity index is 2.05. The minimum atomic E-state index is -0.279. The van der Waals surface area contributed by atoms with E-state index < -0.39 is 0 Å². The summed E-state index contributed by atoms with van der Waals surface area (Å²) < 4.78 is 18.6. The second kappa shape index (κ2) is 4.39. The molecule has 0 bridgehead atoms. The van der Waals surface area contributed by atoms with Gasteiger partial charge in [-0.3, -0.25) is 4.98 Å². The first-order chi connectivity index (χ1) is 9.15. The number of nitrogens with zero attached hydrogens (tertiary/aromatic N) is 1. The molecule has 0 atom stereocenters. The van der Waals surface area contributed by atoms with Crippen molar-refractivity contribution in [1.82, 2.24) is 9.97 Å². The fourth-order valence-corrected chi connectivity index (χ4v) is 2.02. The molecular formula is C15H13FN2O. The number of halogens is 1. The molecular weight excluding hydrogens is 243 g/mol. The standard InChI is InChI=1S/C15H13FN2O/c1-9-10(2)18-15-13(7-8-17-14(9)15)19-12-5-3-11(16)4-6-12/h3-8,18H,1-2H3. The SMILES string of the molecule is Cc1[nH]c2c(Oc3ccc(F)cc3)ccnc2c1C. The maximum Gasteiger partial charge on any atom is 0.154 e. The van der Waals surface area contributed by atoms with Gasteiger partial charge in [0.2, 0.25) is 0 Å². The van der Waals surface area contributed by atoms with Crippen LogP contribution < -0.4 is 4.74 Å². The summed E-state index contributed by atoms with van der Waals surface area (Å²) in [6.07, 6.45) is 1.71. The van der Waals surface area contributed by atoms with Gasteiger partial charge in [-0.15, -0.1) is 0 Å². The van der Waals surface area contributed by atoms with Crippen LogP contribution in [-0.4, -0.2) is 9.97 Å². The molecule has 1 N–H and O–H groups in total. The number of aromatic nitrogens is 2. The lowest BCUT2D eigenvalue weighted by atomic mass is 10.2. The van der Waals surface area contributed by atoms with Crippen LogP contribution in [0.15, 0.2) is 36.5 Å². The van der Waals surface area contributed by atoms with E-state index in [1.165, 1.54) is 12.1 Å². The van der Waals surface area contributed by atoms with E-state index in [2.05, 4.69) is 9.97 Å². The molecule has 0 aliphatic heterocycles. The van der Waals surface area contributed by atoms with Crippen LogP contribution in [0, 0.1) is 19.7 Å². The average molecular weight is 256 g/mol. The number of H-pyrrole nitrogens is 1. The smallest absolute Gasteiger partial charge is 0.154 e. The number of aromatic amines is 1. The highest BCUT2D eigenvalue weighted by atomic mass is 19.1. The topological polar surface area (TPSA) is 37.9 Å². The molecule has 19 heavy (non-hydrogen) atoms.